The number of halogens is 1. The van der Waals surface area contributed by atoms with Crippen molar-refractivity contribution in [2.45, 2.75) is 18.8 Å². The minimum Gasteiger partial charge on any atom is -0.352 e. The van der Waals surface area contributed by atoms with Gasteiger partial charge in [0, 0.05) is 43.1 Å². The lowest BCUT2D eigenvalue weighted by Gasteiger charge is -2.17. The van der Waals surface area contributed by atoms with Crippen LogP contribution in [0, 0.1) is 5.92 Å². The Morgan fingerprint density at radius 3 is 2.46 bits per heavy atom. The lowest BCUT2D eigenvalue weighted by molar-refractivity contribution is 0.0951. The summed E-state index contributed by atoms with van der Waals surface area (Å²) in [4.78, 5) is 24.6. The molecular formula is C21H21ClN2O2. The fourth-order valence-corrected chi connectivity index (χ4v) is 4.50. The standard InChI is InChI=1S/C21H20N2O2.ClH/c24-20-6-4-12-1-2-13(7-17(12)20)14-3-5-16-18(8-14)21(25)23-10-15-9-22-11-19(15)16;/h1-3,5,7-8,15,19,22H,4,6,9-11H2,(H,23,25);1H. The van der Waals surface area contributed by atoms with Gasteiger partial charge in [-0.2, -0.15) is 0 Å². The second-order valence-electron chi connectivity index (χ2n) is 7.33. The van der Waals surface area contributed by atoms with Crippen molar-refractivity contribution in [3.05, 3.63) is 58.7 Å². The molecule has 1 aliphatic carbocycles. The van der Waals surface area contributed by atoms with E-state index in [0.29, 0.717) is 18.3 Å². The summed E-state index contributed by atoms with van der Waals surface area (Å²) in [5, 5.41) is 6.50. The summed E-state index contributed by atoms with van der Waals surface area (Å²) in [5.41, 5.74) is 5.92. The number of nitrogens with one attached hydrogen (secondary N) is 2. The van der Waals surface area contributed by atoms with Crippen LogP contribution in [0.25, 0.3) is 11.1 Å². The van der Waals surface area contributed by atoms with Gasteiger partial charge in [0.1, 0.15) is 0 Å². The molecule has 0 saturated carbocycles. The lowest BCUT2D eigenvalue weighted by atomic mass is 9.86. The number of benzene rings is 2. The number of Topliss-reactive ketones (excluding diaryl/α,β-unsaturated/α-hetero) is 1. The summed E-state index contributed by atoms with van der Waals surface area (Å²) < 4.78 is 0. The average molecular weight is 369 g/mol. The zero-order chi connectivity index (χ0) is 17.0. The molecule has 2 aromatic rings. The van der Waals surface area contributed by atoms with Crippen molar-refractivity contribution in [1.82, 2.24) is 10.6 Å². The van der Waals surface area contributed by atoms with Crippen LogP contribution in [0.5, 0.6) is 0 Å². The van der Waals surface area contributed by atoms with Gasteiger partial charge in [0.05, 0.1) is 0 Å². The van der Waals surface area contributed by atoms with Crippen molar-refractivity contribution in [2.24, 2.45) is 5.92 Å². The molecule has 5 rings (SSSR count). The van der Waals surface area contributed by atoms with Gasteiger partial charge in [-0.15, -0.1) is 12.4 Å². The Hall–Kier alpha value is -2.17. The van der Waals surface area contributed by atoms with Gasteiger partial charge < -0.3 is 10.6 Å². The van der Waals surface area contributed by atoms with Gasteiger partial charge in [-0.3, -0.25) is 9.59 Å². The van der Waals surface area contributed by atoms with Crippen LogP contribution < -0.4 is 10.6 Å². The van der Waals surface area contributed by atoms with Gasteiger partial charge in [0.2, 0.25) is 0 Å². The molecule has 26 heavy (non-hydrogen) atoms. The van der Waals surface area contributed by atoms with Crippen LogP contribution in [0.4, 0.5) is 0 Å². The largest absolute Gasteiger partial charge is 0.352 e. The SMILES string of the molecule is Cl.O=C1CCc2ccc(-c3ccc4c(c3)C(=O)NCC3CNCC43)cc21. The maximum absolute atomic E-state index is 12.6. The van der Waals surface area contributed by atoms with E-state index in [2.05, 4.69) is 34.9 Å². The molecule has 1 fully saturated rings. The minimum absolute atomic E-state index is 0. The Morgan fingerprint density at radius 2 is 1.62 bits per heavy atom. The third-order valence-electron chi connectivity index (χ3n) is 5.93. The Bertz CT molecular complexity index is 909. The van der Waals surface area contributed by atoms with Gasteiger partial charge in [-0.25, -0.2) is 0 Å². The number of ketones is 1. The third-order valence-corrected chi connectivity index (χ3v) is 5.93. The van der Waals surface area contributed by atoms with E-state index in [1.807, 2.05) is 12.1 Å². The zero-order valence-electron chi connectivity index (χ0n) is 14.4. The third kappa shape index (κ3) is 2.65. The number of carbonyl (C=O) groups excluding carboxylic acids is 2. The van der Waals surface area contributed by atoms with Crippen LogP contribution in [0.15, 0.2) is 36.4 Å². The topological polar surface area (TPSA) is 58.2 Å². The highest BCUT2D eigenvalue weighted by atomic mass is 35.5. The zero-order valence-corrected chi connectivity index (χ0v) is 15.2. The molecule has 0 bridgehead atoms. The van der Waals surface area contributed by atoms with Crippen LogP contribution in [0.1, 0.15) is 44.2 Å². The van der Waals surface area contributed by atoms with E-state index in [4.69, 9.17) is 0 Å². The fourth-order valence-electron chi connectivity index (χ4n) is 4.50. The smallest absolute Gasteiger partial charge is 0.251 e. The first-order chi connectivity index (χ1) is 12.2. The quantitative estimate of drug-likeness (QED) is 0.813. The predicted molar refractivity (Wildman–Crippen MR) is 103 cm³/mol. The normalized spacial score (nSPS) is 23.4. The monoisotopic (exact) mass is 368 g/mol. The van der Waals surface area contributed by atoms with Crippen molar-refractivity contribution in [3.63, 3.8) is 0 Å². The number of amides is 1. The lowest BCUT2D eigenvalue weighted by Crippen LogP contribution is -2.28. The number of rotatable bonds is 1. The molecule has 134 valence electrons. The summed E-state index contributed by atoms with van der Waals surface area (Å²) in [6, 6.07) is 12.3. The van der Waals surface area contributed by atoms with E-state index in [-0.39, 0.29) is 24.1 Å². The minimum atomic E-state index is 0. The Morgan fingerprint density at radius 1 is 0.846 bits per heavy atom. The first-order valence-electron chi connectivity index (χ1n) is 9.00. The van der Waals surface area contributed by atoms with Crippen LogP contribution in [-0.4, -0.2) is 31.3 Å². The van der Waals surface area contributed by atoms with Crippen molar-refractivity contribution >= 4 is 24.1 Å². The fraction of sp³-hybridized carbons (Fsp3) is 0.333. The highest BCUT2D eigenvalue weighted by molar-refractivity contribution is 6.02. The van der Waals surface area contributed by atoms with Crippen LogP contribution in [0.2, 0.25) is 0 Å². The Labute approximate surface area is 158 Å². The molecular weight excluding hydrogens is 348 g/mol. The van der Waals surface area contributed by atoms with Crippen molar-refractivity contribution in [3.8, 4) is 11.1 Å². The highest BCUT2D eigenvalue weighted by Crippen LogP contribution is 2.35. The second kappa shape index (κ2) is 6.53. The highest BCUT2D eigenvalue weighted by Gasteiger charge is 2.34. The molecule has 1 saturated heterocycles. The molecule has 0 aromatic heterocycles. The molecule has 2 aromatic carbocycles. The Balaban J connectivity index is 0.00000168. The van der Waals surface area contributed by atoms with Gasteiger partial charge in [-0.1, -0.05) is 24.3 Å². The summed E-state index contributed by atoms with van der Waals surface area (Å²) in [7, 11) is 0. The number of hydrogen-bond acceptors (Lipinski definition) is 3. The van der Waals surface area contributed by atoms with Crippen molar-refractivity contribution in [1.29, 1.82) is 0 Å². The van der Waals surface area contributed by atoms with E-state index in [0.717, 1.165) is 59.4 Å². The molecule has 2 unspecified atom stereocenters. The molecule has 2 heterocycles. The molecule has 2 aliphatic heterocycles. The second-order valence-corrected chi connectivity index (χ2v) is 7.33. The van der Waals surface area contributed by atoms with Gasteiger partial charge >= 0.3 is 0 Å². The molecule has 1 amide bonds. The molecule has 0 radical (unpaired) electrons. The molecule has 0 spiro atoms. The molecule has 4 nitrogen and oxygen atoms in total. The van der Waals surface area contributed by atoms with Crippen molar-refractivity contribution in [2.75, 3.05) is 19.6 Å². The predicted octanol–water partition coefficient (Wildman–Crippen LogP) is 2.95. The maximum atomic E-state index is 12.6. The van der Waals surface area contributed by atoms with E-state index in [1.165, 1.54) is 0 Å². The van der Waals surface area contributed by atoms with Crippen molar-refractivity contribution < 1.29 is 9.59 Å². The van der Waals surface area contributed by atoms with Crippen LogP contribution >= 0.6 is 12.4 Å². The first-order valence-corrected chi connectivity index (χ1v) is 9.00. The summed E-state index contributed by atoms with van der Waals surface area (Å²) in [6.07, 6.45) is 1.46. The first kappa shape index (κ1) is 17.3. The summed E-state index contributed by atoms with van der Waals surface area (Å²) in [5.74, 6) is 1.10. The molecule has 3 aliphatic rings. The van der Waals surface area contributed by atoms with E-state index >= 15 is 0 Å². The molecule has 2 atom stereocenters. The van der Waals surface area contributed by atoms with Crippen LogP contribution in [-0.2, 0) is 6.42 Å². The molecule has 5 heteroatoms. The number of carbonyl (C=O) groups is 2. The average Bonchev–Trinajstić information content (AvgIpc) is 3.23. The van der Waals surface area contributed by atoms with E-state index < -0.39 is 0 Å². The molecule has 2 N–H and O–H groups in total. The number of aryl methyl sites for hydroxylation is 1. The van der Waals surface area contributed by atoms with E-state index in [1.54, 1.807) is 0 Å². The summed E-state index contributed by atoms with van der Waals surface area (Å²) in [6.45, 7) is 2.62. The maximum Gasteiger partial charge on any atom is 0.251 e. The van der Waals surface area contributed by atoms with Crippen LogP contribution in [0.3, 0.4) is 0 Å². The van der Waals surface area contributed by atoms with E-state index in [9.17, 15) is 9.59 Å². The summed E-state index contributed by atoms with van der Waals surface area (Å²) >= 11 is 0. The Kier molecular flexibility index (Phi) is 4.33. The number of fused-ring (bicyclic) bond motifs is 4. The number of hydrogen-bond donors (Lipinski definition) is 2. The van der Waals surface area contributed by atoms with Gasteiger partial charge in [0.15, 0.2) is 5.78 Å². The van der Waals surface area contributed by atoms with Gasteiger partial charge in [0.25, 0.3) is 5.91 Å². The van der Waals surface area contributed by atoms with Gasteiger partial charge in [-0.05, 0) is 46.7 Å².